The van der Waals surface area contributed by atoms with E-state index in [1.807, 2.05) is 0 Å². The summed E-state index contributed by atoms with van der Waals surface area (Å²) in [5, 5.41) is 18.5. The number of benzene rings is 1. The summed E-state index contributed by atoms with van der Waals surface area (Å²) in [7, 11) is 0. The number of hydrogen-bond donors (Lipinski definition) is 3. The van der Waals surface area contributed by atoms with Gasteiger partial charge in [-0.2, -0.15) is 13.2 Å². The van der Waals surface area contributed by atoms with E-state index in [4.69, 9.17) is 5.73 Å². The van der Waals surface area contributed by atoms with Crippen molar-refractivity contribution in [1.29, 1.82) is 0 Å². The maximum atomic E-state index is 12.3. The van der Waals surface area contributed by atoms with Crippen LogP contribution in [0.2, 0.25) is 0 Å². The molecule has 3 nitrogen and oxygen atoms in total. The summed E-state index contributed by atoms with van der Waals surface area (Å²) in [6, 6.07) is 2.31. The molecule has 84 valence electrons. The highest BCUT2D eigenvalue weighted by atomic mass is 19.4. The van der Waals surface area contributed by atoms with Gasteiger partial charge in [0.1, 0.15) is 5.75 Å². The molecular weight excluding hydrogens is 211 g/mol. The van der Waals surface area contributed by atoms with Crippen molar-refractivity contribution < 1.29 is 23.4 Å². The van der Waals surface area contributed by atoms with Gasteiger partial charge < -0.3 is 15.9 Å². The molecule has 1 aromatic carbocycles. The zero-order valence-corrected chi connectivity index (χ0v) is 7.62. The van der Waals surface area contributed by atoms with Gasteiger partial charge in [0.05, 0.1) is 11.7 Å². The first-order valence-corrected chi connectivity index (χ1v) is 4.14. The summed E-state index contributed by atoms with van der Waals surface area (Å²) in [6.45, 7) is -0.255. The van der Waals surface area contributed by atoms with Crippen LogP contribution >= 0.6 is 0 Å². The van der Waals surface area contributed by atoms with Crippen molar-refractivity contribution in [3.8, 4) is 5.75 Å². The minimum atomic E-state index is -4.50. The van der Waals surface area contributed by atoms with Crippen LogP contribution in [-0.2, 0) is 6.18 Å². The standard InChI is InChI=1S/C9H10F3NO2/c10-9(11,12)5-1-2-7(14)6(3-5)8(15)4-13/h1-3,8,14-15H,4,13H2. The van der Waals surface area contributed by atoms with E-state index < -0.39 is 23.6 Å². The number of rotatable bonds is 2. The monoisotopic (exact) mass is 221 g/mol. The zero-order chi connectivity index (χ0) is 11.6. The SMILES string of the molecule is NCC(O)c1cc(C(F)(F)F)ccc1O. The number of aliphatic hydroxyl groups is 1. The molecule has 4 N–H and O–H groups in total. The van der Waals surface area contributed by atoms with Crippen LogP contribution in [0.5, 0.6) is 5.75 Å². The molecule has 0 saturated heterocycles. The second-order valence-corrected chi connectivity index (χ2v) is 3.02. The summed E-state index contributed by atoms with van der Waals surface area (Å²) < 4.78 is 36.8. The van der Waals surface area contributed by atoms with E-state index in [0.29, 0.717) is 6.07 Å². The maximum absolute atomic E-state index is 12.3. The highest BCUT2D eigenvalue weighted by Gasteiger charge is 2.31. The van der Waals surface area contributed by atoms with Crippen molar-refractivity contribution in [3.63, 3.8) is 0 Å². The lowest BCUT2D eigenvalue weighted by Crippen LogP contribution is -2.13. The van der Waals surface area contributed by atoms with Gasteiger partial charge in [0.25, 0.3) is 0 Å². The summed E-state index contributed by atoms with van der Waals surface area (Å²) >= 11 is 0. The van der Waals surface area contributed by atoms with Crippen LogP contribution in [-0.4, -0.2) is 16.8 Å². The molecule has 0 aliphatic carbocycles. The predicted molar refractivity (Wildman–Crippen MR) is 47.1 cm³/mol. The zero-order valence-electron chi connectivity index (χ0n) is 7.62. The Labute approximate surface area is 84.0 Å². The highest BCUT2D eigenvalue weighted by molar-refractivity contribution is 5.38. The lowest BCUT2D eigenvalue weighted by atomic mass is 10.0. The molecule has 0 amide bonds. The van der Waals surface area contributed by atoms with E-state index in [9.17, 15) is 23.4 Å². The molecule has 1 rings (SSSR count). The molecule has 0 aliphatic heterocycles. The van der Waals surface area contributed by atoms with Gasteiger partial charge in [-0.15, -0.1) is 0 Å². The van der Waals surface area contributed by atoms with E-state index >= 15 is 0 Å². The van der Waals surface area contributed by atoms with E-state index in [-0.39, 0.29) is 12.1 Å². The van der Waals surface area contributed by atoms with Crippen molar-refractivity contribution in [2.24, 2.45) is 5.73 Å². The Hall–Kier alpha value is -1.27. The van der Waals surface area contributed by atoms with Crippen molar-refractivity contribution >= 4 is 0 Å². The number of phenolic OH excluding ortho intramolecular Hbond substituents is 1. The first-order chi connectivity index (χ1) is 6.86. The number of halogens is 3. The highest BCUT2D eigenvalue weighted by Crippen LogP contribution is 2.34. The third-order valence-electron chi connectivity index (χ3n) is 1.94. The predicted octanol–water partition coefficient (Wildman–Crippen LogP) is 1.40. The van der Waals surface area contributed by atoms with Gasteiger partial charge in [-0.3, -0.25) is 0 Å². The normalized spacial score (nSPS) is 13.9. The number of aliphatic hydroxyl groups excluding tert-OH is 1. The third kappa shape index (κ3) is 2.60. The largest absolute Gasteiger partial charge is 0.508 e. The molecule has 1 unspecified atom stereocenters. The van der Waals surface area contributed by atoms with Crippen molar-refractivity contribution in [2.45, 2.75) is 12.3 Å². The Morgan fingerprint density at radius 1 is 1.33 bits per heavy atom. The van der Waals surface area contributed by atoms with Crippen molar-refractivity contribution in [2.75, 3.05) is 6.54 Å². The summed E-state index contributed by atoms with van der Waals surface area (Å²) in [5.74, 6) is -0.402. The Bertz CT molecular complexity index is 352. The lowest BCUT2D eigenvalue weighted by molar-refractivity contribution is -0.137. The van der Waals surface area contributed by atoms with Crippen LogP contribution in [0.15, 0.2) is 18.2 Å². The van der Waals surface area contributed by atoms with Crippen LogP contribution in [0.1, 0.15) is 17.2 Å². The molecule has 0 aromatic heterocycles. The average molecular weight is 221 g/mol. The number of phenols is 1. The van der Waals surface area contributed by atoms with E-state index in [1.165, 1.54) is 0 Å². The Balaban J connectivity index is 3.17. The van der Waals surface area contributed by atoms with Gasteiger partial charge in [-0.25, -0.2) is 0 Å². The molecule has 0 heterocycles. The fourth-order valence-electron chi connectivity index (χ4n) is 1.12. The number of hydrogen-bond acceptors (Lipinski definition) is 3. The Morgan fingerprint density at radius 2 is 1.93 bits per heavy atom. The first kappa shape index (κ1) is 11.8. The number of alkyl halides is 3. The minimum Gasteiger partial charge on any atom is -0.508 e. The molecule has 0 radical (unpaired) electrons. The molecule has 1 atom stereocenters. The maximum Gasteiger partial charge on any atom is 0.416 e. The summed E-state index contributed by atoms with van der Waals surface area (Å²) in [4.78, 5) is 0. The fourth-order valence-corrected chi connectivity index (χ4v) is 1.12. The molecule has 15 heavy (non-hydrogen) atoms. The number of aromatic hydroxyl groups is 1. The van der Waals surface area contributed by atoms with Gasteiger partial charge in [0.15, 0.2) is 0 Å². The molecule has 0 aliphatic rings. The van der Waals surface area contributed by atoms with Crippen LogP contribution in [0.3, 0.4) is 0 Å². The van der Waals surface area contributed by atoms with E-state index in [1.54, 1.807) is 0 Å². The van der Waals surface area contributed by atoms with Crippen LogP contribution < -0.4 is 5.73 Å². The van der Waals surface area contributed by atoms with Crippen LogP contribution in [0.25, 0.3) is 0 Å². The van der Waals surface area contributed by atoms with Crippen molar-refractivity contribution in [1.82, 2.24) is 0 Å². The van der Waals surface area contributed by atoms with Crippen LogP contribution in [0, 0.1) is 0 Å². The van der Waals surface area contributed by atoms with Crippen LogP contribution in [0.4, 0.5) is 13.2 Å². The molecule has 0 spiro atoms. The van der Waals surface area contributed by atoms with E-state index in [2.05, 4.69) is 0 Å². The van der Waals surface area contributed by atoms with Gasteiger partial charge in [0, 0.05) is 12.1 Å². The quantitative estimate of drug-likeness (QED) is 0.707. The van der Waals surface area contributed by atoms with Gasteiger partial charge in [0.2, 0.25) is 0 Å². The Morgan fingerprint density at radius 3 is 2.40 bits per heavy atom. The van der Waals surface area contributed by atoms with Crippen molar-refractivity contribution in [3.05, 3.63) is 29.3 Å². The molecule has 0 fully saturated rings. The molecular formula is C9H10F3NO2. The second-order valence-electron chi connectivity index (χ2n) is 3.02. The average Bonchev–Trinajstić information content (AvgIpc) is 2.15. The second kappa shape index (κ2) is 4.08. The fraction of sp³-hybridized carbons (Fsp3) is 0.333. The molecule has 6 heteroatoms. The lowest BCUT2D eigenvalue weighted by Gasteiger charge is -2.13. The first-order valence-electron chi connectivity index (χ1n) is 4.14. The minimum absolute atomic E-state index is 0.215. The molecule has 0 bridgehead atoms. The van der Waals surface area contributed by atoms with Gasteiger partial charge in [-0.05, 0) is 18.2 Å². The Kier molecular flexibility index (Phi) is 3.21. The third-order valence-corrected chi connectivity index (χ3v) is 1.94. The number of nitrogens with two attached hydrogens (primary N) is 1. The van der Waals surface area contributed by atoms with Gasteiger partial charge >= 0.3 is 6.18 Å². The molecule has 0 saturated carbocycles. The van der Waals surface area contributed by atoms with Gasteiger partial charge in [-0.1, -0.05) is 0 Å². The summed E-state index contributed by atoms with van der Waals surface area (Å²) in [5.41, 5.74) is 3.95. The molecule has 1 aromatic rings. The smallest absolute Gasteiger partial charge is 0.416 e. The van der Waals surface area contributed by atoms with E-state index in [0.717, 1.165) is 12.1 Å². The summed E-state index contributed by atoms with van der Waals surface area (Å²) in [6.07, 6.45) is -5.80. The topological polar surface area (TPSA) is 66.5 Å².